The van der Waals surface area contributed by atoms with E-state index in [9.17, 15) is 18.0 Å². The van der Waals surface area contributed by atoms with Crippen LogP contribution in [0.3, 0.4) is 0 Å². The van der Waals surface area contributed by atoms with Crippen molar-refractivity contribution in [3.63, 3.8) is 0 Å². The third-order valence-electron chi connectivity index (χ3n) is 15.1. The highest BCUT2D eigenvalue weighted by molar-refractivity contribution is 8.06. The largest absolute Gasteiger partial charge is 0.497 e. The summed E-state index contributed by atoms with van der Waals surface area (Å²) < 4.78 is 66.7. The first-order chi connectivity index (χ1) is 43.0. The van der Waals surface area contributed by atoms with Crippen LogP contribution < -0.4 is 50.7 Å². The van der Waals surface area contributed by atoms with Gasteiger partial charge in [-0.2, -0.15) is 0 Å². The first-order valence-corrected chi connectivity index (χ1v) is 30.8. The molecule has 0 bridgehead atoms. The van der Waals surface area contributed by atoms with Crippen LogP contribution in [0.4, 0.5) is 10.5 Å². The summed E-state index contributed by atoms with van der Waals surface area (Å²) >= 11 is 0. The van der Waals surface area contributed by atoms with Crippen molar-refractivity contribution < 1.29 is 51.2 Å². The van der Waals surface area contributed by atoms with Crippen molar-refractivity contribution in [2.45, 2.75) is 71.9 Å². The Hall–Kier alpha value is -9.72. The number of para-hydroxylation sites is 1. The lowest BCUT2D eigenvalue weighted by Gasteiger charge is -2.38. The van der Waals surface area contributed by atoms with Crippen molar-refractivity contribution in [1.82, 2.24) is 16.4 Å². The number of nitrogens with one attached hydrogen (secondary N) is 2. The number of methoxy groups -OCH3 is 4. The molecule has 2 heterocycles. The minimum atomic E-state index is -4.27. The number of hydrogen-bond acceptors (Lipinski definition) is 15. The van der Waals surface area contributed by atoms with Gasteiger partial charge in [0.2, 0.25) is 15.0 Å². The first-order valence-electron chi connectivity index (χ1n) is 29.1. The Balaban J connectivity index is 0.000000211. The van der Waals surface area contributed by atoms with Crippen molar-refractivity contribution in [2.24, 2.45) is 5.84 Å². The van der Waals surface area contributed by atoms with Crippen LogP contribution in [0.5, 0.6) is 34.5 Å². The van der Waals surface area contributed by atoms with Gasteiger partial charge in [0.15, 0.2) is 23.0 Å². The van der Waals surface area contributed by atoms with Gasteiger partial charge in [0.25, 0.3) is 0 Å². The summed E-state index contributed by atoms with van der Waals surface area (Å²) in [5.41, 5.74) is 7.45. The maximum Gasteiger partial charge on any atom is 0.410 e. The van der Waals surface area contributed by atoms with Crippen LogP contribution in [0.2, 0.25) is 0 Å². The molecule has 2 aliphatic heterocycles. The summed E-state index contributed by atoms with van der Waals surface area (Å²) in [5.74, 6) is 9.62. The number of nitrogens with two attached hydrogens (primary N) is 1. The predicted octanol–water partition coefficient (Wildman–Crippen LogP) is 14.6. The average molecular weight is 1250 g/mol. The van der Waals surface area contributed by atoms with Crippen molar-refractivity contribution >= 4 is 60.7 Å². The quantitative estimate of drug-likeness (QED) is 0.0231. The van der Waals surface area contributed by atoms with Gasteiger partial charge in [-0.3, -0.25) is 20.1 Å². The van der Waals surface area contributed by atoms with Crippen molar-refractivity contribution in [3.8, 4) is 34.5 Å². The third-order valence-corrected chi connectivity index (χ3v) is 16.6. The zero-order valence-electron chi connectivity index (χ0n) is 51.8. The molecular formula is C73H82N6O11S. The van der Waals surface area contributed by atoms with Gasteiger partial charge < -0.3 is 44.6 Å². The van der Waals surface area contributed by atoms with E-state index in [0.717, 1.165) is 74.7 Å². The number of amides is 1. The fraction of sp³-hybridized carbons (Fsp3) is 0.247. The second-order valence-electron chi connectivity index (χ2n) is 22.3. The molecule has 476 valence electrons. The highest BCUT2D eigenvalue weighted by atomic mass is 32.2. The molecule has 2 atom stereocenters. The van der Waals surface area contributed by atoms with Crippen LogP contribution in [0.1, 0.15) is 89.6 Å². The molecule has 91 heavy (non-hydrogen) atoms. The molecule has 17 nitrogen and oxygen atoms in total. The number of rotatable bonds is 16. The highest BCUT2D eigenvalue weighted by Gasteiger charge is 2.39. The number of anilines is 1. The van der Waals surface area contributed by atoms with Gasteiger partial charge in [0, 0.05) is 18.7 Å². The maximum atomic E-state index is 13.6. The predicted molar refractivity (Wildman–Crippen MR) is 363 cm³/mol. The molecule has 0 saturated heterocycles. The molecule has 11 rings (SSSR count). The summed E-state index contributed by atoms with van der Waals surface area (Å²) in [7, 11) is 2.26. The lowest BCUT2D eigenvalue weighted by molar-refractivity contribution is 0.0162. The number of aldehydes is 1. The number of carbonyl (C=O) groups excluding carboxylic acids is 2. The Morgan fingerprint density at radius 2 is 1.11 bits per heavy atom. The number of hydrazine groups is 1. The Kier molecular flexibility index (Phi) is 23.9. The van der Waals surface area contributed by atoms with Crippen LogP contribution in [-0.2, 0) is 40.6 Å². The number of ether oxygens (including phenoxy) is 7. The van der Waals surface area contributed by atoms with Gasteiger partial charge in [-0.15, -0.1) is 0 Å². The minimum absolute atomic E-state index is 0. The fourth-order valence-electron chi connectivity index (χ4n) is 10.5. The van der Waals surface area contributed by atoms with Gasteiger partial charge in [0.05, 0.1) is 52.0 Å². The summed E-state index contributed by atoms with van der Waals surface area (Å²) in [6, 6.07) is 59.2. The molecule has 0 saturated carbocycles. The number of nitrogens with zero attached hydrogens (tertiary/aromatic N) is 2. The average Bonchev–Trinajstić information content (AvgIpc) is 0.912. The van der Waals surface area contributed by atoms with Gasteiger partial charge in [-0.1, -0.05) is 135 Å². The Bertz CT molecular complexity index is 4070. The van der Waals surface area contributed by atoms with Crippen LogP contribution in [0.15, 0.2) is 194 Å². The maximum absolute atomic E-state index is 13.6. The smallest absolute Gasteiger partial charge is 0.410 e. The summed E-state index contributed by atoms with van der Waals surface area (Å²) in [5, 5.41) is 16.6. The normalized spacial score (nSPS) is 14.0. The zero-order valence-corrected chi connectivity index (χ0v) is 52.6. The van der Waals surface area contributed by atoms with E-state index in [1.165, 1.54) is 39.5 Å². The Labute approximate surface area is 534 Å². The monoisotopic (exact) mass is 1250 g/mol. The molecular weight excluding hydrogens is 1170 g/mol. The number of benzene rings is 9. The van der Waals surface area contributed by atoms with E-state index < -0.39 is 38.5 Å². The zero-order chi connectivity index (χ0) is 63.1. The lowest BCUT2D eigenvalue weighted by atomic mass is 9.93. The number of hydrogen-bond donors (Lipinski definition) is 4. The van der Waals surface area contributed by atoms with Crippen LogP contribution >= 0.6 is 0 Å². The number of fused-ring (bicyclic) bond motifs is 4. The van der Waals surface area contributed by atoms with Crippen LogP contribution in [-0.4, -0.2) is 83.7 Å². The molecule has 9 aromatic rings. The molecule has 7 N–H and O–H groups in total. The third kappa shape index (κ3) is 17.8. The van der Waals surface area contributed by atoms with Crippen LogP contribution in [0, 0.1) is 5.41 Å². The molecule has 0 fully saturated rings. The first kappa shape index (κ1) is 68.8. The standard InChI is InChI=1S/C30H36N4O6S.C30H29NO3.C12H10O2.CH4.H3N/c1-30(2,3)40-29(35)33-16-15-22-17-27(39-19-21-11-7-5-8-12-21)26(38-4)18-24(22)25(33)20-41(36,37)28(31)34(32)23-13-9-6-10-14-23;1-32-26-12-11-23-16-21(8-10-24(23)17-26)9-13-28-27-19-29(33-2)30(18-25(27)14-15-31-28)34-20-22-6-4-3-5-7-22;1-14-12-5-4-10-6-9(8-13)2-3-11(10)7-12;;/h5-14,17-18,25,31H,15-16,19-20,32H2,1-4H3;3-13,16-19,28,31H,14-15,20H2,1-2H3;2-8H,1H3;1H4;1H3/b;13-9+;;;. The molecule has 0 spiro atoms. The van der Waals surface area contributed by atoms with Crippen molar-refractivity contribution in [1.29, 1.82) is 5.41 Å². The van der Waals surface area contributed by atoms with Crippen molar-refractivity contribution in [2.75, 3.05) is 52.3 Å². The molecule has 18 heteroatoms. The number of amidine groups is 1. The Morgan fingerprint density at radius 1 is 0.626 bits per heavy atom. The van der Waals surface area contributed by atoms with Crippen LogP contribution in [0.25, 0.3) is 27.6 Å². The van der Waals surface area contributed by atoms with E-state index in [1.807, 2.05) is 91.0 Å². The van der Waals surface area contributed by atoms with Gasteiger partial charge in [-0.05, 0) is 167 Å². The molecule has 0 aromatic heterocycles. The van der Waals surface area contributed by atoms with Gasteiger partial charge in [0.1, 0.15) is 36.6 Å². The molecule has 0 aliphatic carbocycles. The highest BCUT2D eigenvalue weighted by Crippen LogP contribution is 2.41. The summed E-state index contributed by atoms with van der Waals surface area (Å²) in [6.45, 7) is 7.21. The Morgan fingerprint density at radius 3 is 1.63 bits per heavy atom. The van der Waals surface area contributed by atoms with E-state index in [4.69, 9.17) is 44.4 Å². The molecule has 2 aliphatic rings. The fourth-order valence-corrected chi connectivity index (χ4v) is 11.8. The minimum Gasteiger partial charge on any atom is -0.497 e. The number of sulfone groups is 1. The second kappa shape index (κ2) is 31.6. The second-order valence-corrected chi connectivity index (χ2v) is 24.2. The molecule has 1 amide bonds. The van der Waals surface area contributed by atoms with E-state index in [0.29, 0.717) is 47.9 Å². The van der Waals surface area contributed by atoms with E-state index in [1.54, 1.807) is 84.6 Å². The molecule has 2 unspecified atom stereocenters. The van der Waals surface area contributed by atoms with E-state index >= 15 is 0 Å². The van der Waals surface area contributed by atoms with Crippen molar-refractivity contribution in [3.05, 3.63) is 239 Å². The number of carbonyl (C=O) groups is 2. The van der Waals surface area contributed by atoms with Gasteiger partial charge >= 0.3 is 6.09 Å². The SMILES string of the molecule is C.COc1cc2c(cc1OCc1ccccc1)CCN(C(=O)OC(C)(C)C)C2CS(=O)(=O)C(=N)N(N)c1ccccc1.COc1ccc2cc(/C=C/C3NCCc4cc(OCc5ccccc5)c(OC)cc43)ccc2c1.COc1ccc2cc(C=O)ccc2c1.N. The summed E-state index contributed by atoms with van der Waals surface area (Å²) in [6.07, 6.45) is 6.02. The van der Waals surface area contributed by atoms with E-state index in [-0.39, 0.29) is 26.2 Å². The molecule has 0 radical (unpaired) electrons. The van der Waals surface area contributed by atoms with E-state index in [2.05, 4.69) is 72.1 Å². The summed E-state index contributed by atoms with van der Waals surface area (Å²) in [4.78, 5) is 25.2. The van der Waals surface area contributed by atoms with Gasteiger partial charge in [-0.25, -0.2) is 19.1 Å². The lowest BCUT2D eigenvalue weighted by Crippen LogP contribution is -2.48. The topological polar surface area (TPSA) is 236 Å². The molecule has 9 aromatic carbocycles.